The molecule has 1 saturated heterocycles. The van der Waals surface area contributed by atoms with E-state index in [-0.39, 0.29) is 5.91 Å². The number of carboxylic acids is 1. The lowest BCUT2D eigenvalue weighted by Crippen LogP contribution is -2.52. The van der Waals surface area contributed by atoms with E-state index in [2.05, 4.69) is 24.1 Å². The number of piperazine rings is 1. The topological polar surface area (TPSA) is 60.9 Å². The number of nitrogens with zero attached hydrogens (tertiary/aromatic N) is 2. The zero-order chi connectivity index (χ0) is 30.7. The molecule has 0 unspecified atom stereocenters. The van der Waals surface area contributed by atoms with Gasteiger partial charge in [0, 0.05) is 55.7 Å². The Hall–Kier alpha value is -2.68. The van der Waals surface area contributed by atoms with E-state index in [1.807, 2.05) is 79.4 Å². The number of carboxylic acid groups (broad SMARTS) is 1. The van der Waals surface area contributed by atoms with Crippen LogP contribution in [0.3, 0.4) is 0 Å². The summed E-state index contributed by atoms with van der Waals surface area (Å²) < 4.78 is 0. The lowest BCUT2D eigenvalue weighted by Gasteiger charge is -2.37. The average Bonchev–Trinajstić information content (AvgIpc) is 3.66. The lowest BCUT2D eigenvalue weighted by atomic mass is 9.89. The highest BCUT2D eigenvalue weighted by atomic mass is 35.5. The highest BCUT2D eigenvalue weighted by Crippen LogP contribution is 2.37. The number of likely N-dealkylation sites (N-methyl/N-ethyl adjacent to an activating group) is 1. The predicted octanol–water partition coefficient (Wildman–Crippen LogP) is 8.55. The number of carbonyl (C=O) groups is 2. The van der Waals surface area contributed by atoms with Crippen molar-refractivity contribution < 1.29 is 14.7 Å². The number of benzene rings is 2. The van der Waals surface area contributed by atoms with Crippen LogP contribution < -0.4 is 0 Å². The number of aliphatic carboxylic acids is 1. The third-order valence-electron chi connectivity index (χ3n) is 7.56. The van der Waals surface area contributed by atoms with Crippen LogP contribution in [0.1, 0.15) is 37.4 Å². The maximum atomic E-state index is 13.0. The molecule has 1 aliphatic rings. The molecule has 0 saturated carbocycles. The van der Waals surface area contributed by atoms with Gasteiger partial charge in [-0.25, -0.2) is 0 Å². The van der Waals surface area contributed by atoms with Gasteiger partial charge in [-0.05, 0) is 94.4 Å². The first-order valence-corrected chi connectivity index (χ1v) is 16.1. The first-order valence-electron chi connectivity index (χ1n) is 13.7. The Morgan fingerprint density at radius 2 is 1.07 bits per heavy atom. The van der Waals surface area contributed by atoms with Crippen molar-refractivity contribution in [3.05, 3.63) is 92.6 Å². The first kappa shape index (κ1) is 32.2. The number of hydrogen-bond donors (Lipinski definition) is 1. The molecule has 1 N–H and O–H groups in total. The third kappa shape index (κ3) is 7.44. The Labute approximate surface area is 266 Å². The van der Waals surface area contributed by atoms with Gasteiger partial charge in [-0.2, -0.15) is 0 Å². The number of rotatable bonds is 6. The molecule has 1 amide bonds. The van der Waals surface area contributed by atoms with Crippen LogP contribution >= 0.6 is 45.9 Å². The molecule has 0 bridgehead atoms. The number of carbonyl (C=O) groups excluding carboxylic acids is 1. The van der Waals surface area contributed by atoms with Gasteiger partial charge in [0.05, 0.1) is 10.8 Å². The van der Waals surface area contributed by atoms with Crippen LogP contribution in [0.5, 0.6) is 0 Å². The molecule has 222 valence electrons. The van der Waals surface area contributed by atoms with E-state index >= 15 is 0 Å². The second-order valence-electron chi connectivity index (χ2n) is 11.5. The molecule has 3 heterocycles. The third-order valence-corrected chi connectivity index (χ3v) is 11.0. The molecule has 0 atom stereocenters. The van der Waals surface area contributed by atoms with Crippen molar-refractivity contribution in [1.29, 1.82) is 0 Å². The summed E-state index contributed by atoms with van der Waals surface area (Å²) in [5.74, 6) is -0.591. The summed E-state index contributed by atoms with van der Waals surface area (Å²) in [6, 6.07) is 23.4. The van der Waals surface area contributed by atoms with Gasteiger partial charge < -0.3 is 14.9 Å². The van der Waals surface area contributed by atoms with Crippen molar-refractivity contribution in [2.24, 2.45) is 0 Å². The molecular weight excluding hydrogens is 607 g/mol. The average molecular weight is 644 g/mol. The molecular formula is C33H36Cl2N2O3S2. The molecule has 2 aromatic carbocycles. The van der Waals surface area contributed by atoms with Gasteiger partial charge in [0.25, 0.3) is 0 Å². The Morgan fingerprint density at radius 1 is 0.667 bits per heavy atom. The molecule has 9 heteroatoms. The maximum absolute atomic E-state index is 13.0. The molecule has 5 rings (SSSR count). The van der Waals surface area contributed by atoms with E-state index in [1.165, 1.54) is 16.2 Å². The maximum Gasteiger partial charge on any atom is 0.314 e. The number of amides is 1. The summed E-state index contributed by atoms with van der Waals surface area (Å²) in [5.41, 5.74) is 0.843. The first-order chi connectivity index (χ1) is 19.8. The largest absolute Gasteiger partial charge is 0.481 e. The fraction of sp³-hybridized carbons (Fsp3) is 0.333. The Morgan fingerprint density at radius 3 is 1.48 bits per heavy atom. The van der Waals surface area contributed by atoms with Gasteiger partial charge in [0.15, 0.2) is 0 Å². The van der Waals surface area contributed by atoms with Gasteiger partial charge in [-0.3, -0.25) is 9.59 Å². The zero-order valence-electron chi connectivity index (χ0n) is 24.5. The summed E-state index contributed by atoms with van der Waals surface area (Å²) >= 11 is 15.0. The van der Waals surface area contributed by atoms with E-state index in [9.17, 15) is 14.7 Å². The smallest absolute Gasteiger partial charge is 0.314 e. The lowest BCUT2D eigenvalue weighted by molar-refractivity contribution is -0.142. The molecule has 1 fully saturated rings. The minimum absolute atomic E-state index is 0.222. The van der Waals surface area contributed by atoms with Crippen molar-refractivity contribution in [3.8, 4) is 20.9 Å². The fourth-order valence-electron chi connectivity index (χ4n) is 4.50. The molecule has 1 aliphatic heterocycles. The fourth-order valence-corrected chi connectivity index (χ4v) is 6.96. The Balaban J connectivity index is 0.000000201. The Kier molecular flexibility index (Phi) is 10.2. The zero-order valence-corrected chi connectivity index (χ0v) is 27.6. The predicted molar refractivity (Wildman–Crippen MR) is 177 cm³/mol. The standard InChI is InChI=1S/C19H23ClN2OS.C14H13ClO2S/c1-19(2,18(23)22-12-10-21(3)11-13-22)17-9-8-16(24-17)14-4-6-15(20)7-5-14;1-14(2,13(16)17)12-8-7-11(18-12)9-3-5-10(15)6-4-9/h4-9H,10-13H2,1-3H3;3-8H,1-2H3,(H,16,17). The van der Waals surface area contributed by atoms with Crippen LogP contribution in [0, 0.1) is 0 Å². The highest BCUT2D eigenvalue weighted by molar-refractivity contribution is 7.16. The minimum Gasteiger partial charge on any atom is -0.481 e. The van der Waals surface area contributed by atoms with Crippen molar-refractivity contribution in [2.75, 3.05) is 33.2 Å². The van der Waals surface area contributed by atoms with Crippen LogP contribution in [-0.2, 0) is 20.4 Å². The van der Waals surface area contributed by atoms with E-state index in [1.54, 1.807) is 25.2 Å². The summed E-state index contributed by atoms with van der Waals surface area (Å²) in [5, 5.41) is 10.6. The van der Waals surface area contributed by atoms with E-state index in [4.69, 9.17) is 23.2 Å². The van der Waals surface area contributed by atoms with Gasteiger partial charge in [-0.15, -0.1) is 22.7 Å². The van der Waals surface area contributed by atoms with Crippen molar-refractivity contribution in [1.82, 2.24) is 9.80 Å². The molecule has 5 nitrogen and oxygen atoms in total. The molecule has 4 aromatic rings. The summed E-state index contributed by atoms with van der Waals surface area (Å²) in [7, 11) is 2.10. The summed E-state index contributed by atoms with van der Waals surface area (Å²) in [6.45, 7) is 11.0. The van der Waals surface area contributed by atoms with Crippen LogP contribution in [0.15, 0.2) is 72.8 Å². The number of hydrogen-bond acceptors (Lipinski definition) is 5. The van der Waals surface area contributed by atoms with E-state index in [0.29, 0.717) is 5.02 Å². The second-order valence-corrected chi connectivity index (χ2v) is 14.5. The summed E-state index contributed by atoms with van der Waals surface area (Å²) in [4.78, 5) is 32.7. The highest BCUT2D eigenvalue weighted by Gasteiger charge is 2.36. The quantitative estimate of drug-likeness (QED) is 0.229. The van der Waals surface area contributed by atoms with Crippen LogP contribution in [-0.4, -0.2) is 60.0 Å². The molecule has 0 radical (unpaired) electrons. The monoisotopic (exact) mass is 642 g/mol. The van der Waals surface area contributed by atoms with Crippen molar-refractivity contribution in [3.63, 3.8) is 0 Å². The van der Waals surface area contributed by atoms with Gasteiger partial charge in [0.2, 0.25) is 5.91 Å². The normalized spacial score (nSPS) is 14.3. The second kappa shape index (κ2) is 13.3. The minimum atomic E-state index is -0.852. The SMILES string of the molecule is CC(C)(C(=O)O)c1ccc(-c2ccc(Cl)cc2)s1.CN1CCN(C(=O)C(C)(C)c2ccc(-c3ccc(Cl)cc3)s2)CC1. The van der Waals surface area contributed by atoms with Crippen molar-refractivity contribution >= 4 is 57.8 Å². The Bertz CT molecular complexity index is 1520. The van der Waals surface area contributed by atoms with Crippen LogP contribution in [0.2, 0.25) is 10.0 Å². The summed E-state index contributed by atoms with van der Waals surface area (Å²) in [6.07, 6.45) is 0. The van der Waals surface area contributed by atoms with Gasteiger partial charge in [-0.1, -0.05) is 47.5 Å². The van der Waals surface area contributed by atoms with Gasteiger partial charge >= 0.3 is 5.97 Å². The van der Waals surface area contributed by atoms with Crippen LogP contribution in [0.4, 0.5) is 0 Å². The molecule has 2 aromatic heterocycles. The molecule has 42 heavy (non-hydrogen) atoms. The van der Waals surface area contributed by atoms with Crippen LogP contribution in [0.25, 0.3) is 20.9 Å². The molecule has 0 aliphatic carbocycles. The number of halogens is 2. The van der Waals surface area contributed by atoms with Gasteiger partial charge in [0.1, 0.15) is 0 Å². The number of thiophene rings is 2. The molecule has 0 spiro atoms. The van der Waals surface area contributed by atoms with E-state index < -0.39 is 16.8 Å². The van der Waals surface area contributed by atoms with Crippen molar-refractivity contribution in [2.45, 2.75) is 38.5 Å². The van der Waals surface area contributed by atoms with E-state index in [0.717, 1.165) is 57.0 Å².